The molecule has 0 aromatic rings. The van der Waals surface area contributed by atoms with Crippen LogP contribution in [0.4, 0.5) is 0 Å². The topological polar surface area (TPSA) is 38.7 Å². The molecular formula is C15H33N3O. The van der Waals surface area contributed by atoms with Gasteiger partial charge in [0.25, 0.3) is 0 Å². The molecule has 0 saturated carbocycles. The number of nitrogens with zero attached hydrogens (tertiary/aromatic N) is 2. The van der Waals surface area contributed by atoms with Crippen molar-refractivity contribution in [1.82, 2.24) is 15.1 Å². The van der Waals surface area contributed by atoms with E-state index < -0.39 is 0 Å². The highest BCUT2D eigenvalue weighted by atomic mass is 16.3. The molecule has 1 heterocycles. The number of hydrogen-bond donors (Lipinski definition) is 2. The van der Waals surface area contributed by atoms with Crippen LogP contribution in [0.2, 0.25) is 0 Å². The molecule has 2 atom stereocenters. The van der Waals surface area contributed by atoms with Crippen LogP contribution in [0, 0.1) is 0 Å². The Morgan fingerprint density at radius 2 is 2.00 bits per heavy atom. The van der Waals surface area contributed by atoms with E-state index in [-0.39, 0.29) is 12.1 Å². The van der Waals surface area contributed by atoms with E-state index in [1.165, 1.54) is 19.5 Å². The van der Waals surface area contributed by atoms with Crippen LogP contribution in [0.25, 0.3) is 0 Å². The minimum absolute atomic E-state index is 0.145. The summed E-state index contributed by atoms with van der Waals surface area (Å²) in [4.78, 5) is 4.98. The van der Waals surface area contributed by atoms with Crippen molar-refractivity contribution < 1.29 is 5.11 Å². The molecule has 1 rings (SSSR count). The Morgan fingerprint density at radius 3 is 2.63 bits per heavy atom. The quantitative estimate of drug-likeness (QED) is 0.729. The first kappa shape index (κ1) is 16.9. The number of rotatable bonds is 7. The smallest absolute Gasteiger partial charge is 0.0611 e. The Morgan fingerprint density at radius 1 is 1.26 bits per heavy atom. The molecule has 114 valence electrons. The number of nitrogens with one attached hydrogen (secondary N) is 1. The Kier molecular flexibility index (Phi) is 7.29. The van der Waals surface area contributed by atoms with Crippen LogP contribution in [0.15, 0.2) is 0 Å². The van der Waals surface area contributed by atoms with Gasteiger partial charge in [-0.15, -0.1) is 0 Å². The Labute approximate surface area is 119 Å². The van der Waals surface area contributed by atoms with Crippen LogP contribution in [0.1, 0.15) is 40.0 Å². The van der Waals surface area contributed by atoms with E-state index in [1.54, 1.807) is 0 Å². The van der Waals surface area contributed by atoms with Crippen LogP contribution in [-0.4, -0.2) is 72.9 Å². The minimum Gasteiger partial charge on any atom is -0.394 e. The van der Waals surface area contributed by atoms with Crippen molar-refractivity contribution in [3.05, 3.63) is 0 Å². The van der Waals surface area contributed by atoms with Gasteiger partial charge in [0.2, 0.25) is 0 Å². The predicted molar refractivity (Wildman–Crippen MR) is 81.6 cm³/mol. The van der Waals surface area contributed by atoms with Gasteiger partial charge in [0.05, 0.1) is 6.61 Å². The zero-order valence-corrected chi connectivity index (χ0v) is 13.3. The van der Waals surface area contributed by atoms with Gasteiger partial charge >= 0.3 is 0 Å². The summed E-state index contributed by atoms with van der Waals surface area (Å²) in [7, 11) is 2.20. The molecule has 0 bridgehead atoms. The molecule has 0 aromatic carbocycles. The molecule has 0 spiro atoms. The first-order valence-electron chi connectivity index (χ1n) is 7.79. The summed E-state index contributed by atoms with van der Waals surface area (Å²) in [5.74, 6) is 0. The highest BCUT2D eigenvalue weighted by Crippen LogP contribution is 2.17. The number of aliphatic hydroxyl groups excluding tert-OH is 1. The molecule has 2 N–H and O–H groups in total. The summed E-state index contributed by atoms with van der Waals surface area (Å²) in [5, 5.41) is 13.2. The summed E-state index contributed by atoms with van der Waals surface area (Å²) < 4.78 is 0. The highest BCUT2D eigenvalue weighted by Gasteiger charge is 2.28. The van der Waals surface area contributed by atoms with Gasteiger partial charge in [0.1, 0.15) is 0 Å². The van der Waals surface area contributed by atoms with E-state index in [4.69, 9.17) is 0 Å². The second kappa shape index (κ2) is 8.20. The standard InChI is InChI=1S/C15H33N3O/c1-5-7-16-15(3,13-19)12-14(2)18-9-6-8-17(4)10-11-18/h14,16,19H,5-13H2,1-4H3. The van der Waals surface area contributed by atoms with Crippen molar-refractivity contribution in [3.8, 4) is 0 Å². The third-order valence-electron chi connectivity index (χ3n) is 4.27. The van der Waals surface area contributed by atoms with Gasteiger partial charge in [0.15, 0.2) is 0 Å². The van der Waals surface area contributed by atoms with E-state index in [1.807, 2.05) is 0 Å². The minimum atomic E-state index is -0.145. The fraction of sp³-hybridized carbons (Fsp3) is 1.00. The van der Waals surface area contributed by atoms with Crippen molar-refractivity contribution >= 4 is 0 Å². The Bertz CT molecular complexity index is 250. The Balaban J connectivity index is 2.48. The van der Waals surface area contributed by atoms with Gasteiger partial charge in [-0.1, -0.05) is 6.92 Å². The fourth-order valence-corrected chi connectivity index (χ4v) is 2.91. The van der Waals surface area contributed by atoms with Crippen LogP contribution in [0.5, 0.6) is 0 Å². The number of aliphatic hydroxyl groups is 1. The summed E-state index contributed by atoms with van der Waals surface area (Å²) in [6.45, 7) is 12.5. The summed E-state index contributed by atoms with van der Waals surface area (Å²) in [6, 6.07) is 0.521. The first-order chi connectivity index (χ1) is 9.00. The van der Waals surface area contributed by atoms with Crippen LogP contribution in [-0.2, 0) is 0 Å². The molecule has 1 saturated heterocycles. The fourth-order valence-electron chi connectivity index (χ4n) is 2.91. The van der Waals surface area contributed by atoms with Crippen LogP contribution < -0.4 is 5.32 Å². The molecule has 2 unspecified atom stereocenters. The van der Waals surface area contributed by atoms with Crippen molar-refractivity contribution in [2.45, 2.75) is 51.6 Å². The van der Waals surface area contributed by atoms with Gasteiger partial charge in [-0.05, 0) is 59.8 Å². The maximum Gasteiger partial charge on any atom is 0.0611 e. The monoisotopic (exact) mass is 271 g/mol. The molecule has 4 heteroatoms. The van der Waals surface area contributed by atoms with Crippen LogP contribution >= 0.6 is 0 Å². The third-order valence-corrected chi connectivity index (χ3v) is 4.27. The normalized spacial score (nSPS) is 23.8. The highest BCUT2D eigenvalue weighted by molar-refractivity contribution is 4.87. The molecule has 0 radical (unpaired) electrons. The van der Waals surface area contributed by atoms with E-state index in [2.05, 4.69) is 42.9 Å². The lowest BCUT2D eigenvalue weighted by molar-refractivity contribution is 0.116. The first-order valence-corrected chi connectivity index (χ1v) is 7.79. The average Bonchev–Trinajstić information content (AvgIpc) is 2.61. The Hall–Kier alpha value is -0.160. The molecule has 4 nitrogen and oxygen atoms in total. The summed E-state index contributed by atoms with van der Waals surface area (Å²) >= 11 is 0. The SMILES string of the molecule is CCCNC(C)(CO)CC(C)N1CCCN(C)CC1. The van der Waals surface area contributed by atoms with Crippen molar-refractivity contribution in [3.63, 3.8) is 0 Å². The summed E-state index contributed by atoms with van der Waals surface area (Å²) in [5.41, 5.74) is -0.145. The number of hydrogen-bond acceptors (Lipinski definition) is 4. The zero-order valence-electron chi connectivity index (χ0n) is 13.3. The lowest BCUT2D eigenvalue weighted by Gasteiger charge is -2.36. The molecule has 0 aromatic heterocycles. The van der Waals surface area contributed by atoms with Crippen molar-refractivity contribution in [2.24, 2.45) is 0 Å². The maximum absolute atomic E-state index is 9.67. The van der Waals surface area contributed by atoms with E-state index in [0.29, 0.717) is 6.04 Å². The molecule has 1 aliphatic rings. The molecular weight excluding hydrogens is 238 g/mol. The van der Waals surface area contributed by atoms with E-state index in [9.17, 15) is 5.11 Å². The largest absolute Gasteiger partial charge is 0.394 e. The molecule has 19 heavy (non-hydrogen) atoms. The molecule has 0 aliphatic carbocycles. The zero-order chi connectivity index (χ0) is 14.3. The van der Waals surface area contributed by atoms with Gasteiger partial charge in [-0.25, -0.2) is 0 Å². The second-order valence-corrected chi connectivity index (χ2v) is 6.39. The van der Waals surface area contributed by atoms with Gasteiger partial charge in [-0.3, -0.25) is 4.90 Å². The van der Waals surface area contributed by atoms with Gasteiger partial charge < -0.3 is 15.3 Å². The van der Waals surface area contributed by atoms with Crippen LogP contribution in [0.3, 0.4) is 0 Å². The lowest BCUT2D eigenvalue weighted by Crippen LogP contribution is -2.51. The van der Waals surface area contributed by atoms with Gasteiger partial charge in [-0.2, -0.15) is 0 Å². The third kappa shape index (κ3) is 5.78. The summed E-state index contributed by atoms with van der Waals surface area (Å²) in [6.07, 6.45) is 3.37. The molecule has 1 fully saturated rings. The lowest BCUT2D eigenvalue weighted by atomic mass is 9.93. The average molecular weight is 271 g/mol. The van der Waals surface area contributed by atoms with Crippen molar-refractivity contribution in [2.75, 3.05) is 46.4 Å². The molecule has 1 aliphatic heterocycles. The van der Waals surface area contributed by atoms with E-state index in [0.717, 1.165) is 32.5 Å². The van der Waals surface area contributed by atoms with Crippen molar-refractivity contribution in [1.29, 1.82) is 0 Å². The van der Waals surface area contributed by atoms with E-state index >= 15 is 0 Å². The second-order valence-electron chi connectivity index (χ2n) is 6.39. The van der Waals surface area contributed by atoms with Gasteiger partial charge in [0, 0.05) is 24.7 Å². The predicted octanol–water partition coefficient (Wildman–Crippen LogP) is 1.15. The number of likely N-dealkylation sites (N-methyl/N-ethyl adjacent to an activating group) is 1. The molecule has 0 amide bonds. The maximum atomic E-state index is 9.67.